The van der Waals surface area contributed by atoms with Crippen LogP contribution in [0.3, 0.4) is 0 Å². The maximum Gasteiger partial charge on any atom is 0.230 e. The first-order valence-electron chi connectivity index (χ1n) is 7.40. The van der Waals surface area contributed by atoms with Gasteiger partial charge in [-0.05, 0) is 38.5 Å². The molecule has 20 heavy (non-hydrogen) atoms. The number of rotatable bonds is 7. The molecule has 0 atom stereocenters. The summed E-state index contributed by atoms with van der Waals surface area (Å²) in [5.41, 5.74) is 2.27. The highest BCUT2D eigenvalue weighted by molar-refractivity contribution is 7.99. The SMILES string of the molecule is Cc1nc(SCC(=O)NCC2CC2)n(CC(C)C)c1C. The van der Waals surface area contributed by atoms with Gasteiger partial charge in [0, 0.05) is 18.8 Å². The van der Waals surface area contributed by atoms with Gasteiger partial charge in [-0.15, -0.1) is 0 Å². The van der Waals surface area contributed by atoms with Crippen LogP contribution in [-0.4, -0.2) is 27.8 Å². The van der Waals surface area contributed by atoms with Gasteiger partial charge >= 0.3 is 0 Å². The second-order valence-corrected chi connectivity index (χ2v) is 7.05. The number of nitrogens with one attached hydrogen (secondary N) is 1. The minimum Gasteiger partial charge on any atom is -0.355 e. The zero-order valence-electron chi connectivity index (χ0n) is 12.9. The maximum atomic E-state index is 11.8. The van der Waals surface area contributed by atoms with Gasteiger partial charge in [-0.1, -0.05) is 25.6 Å². The fourth-order valence-electron chi connectivity index (χ4n) is 2.08. The lowest BCUT2D eigenvalue weighted by Gasteiger charge is -2.12. The molecule has 2 rings (SSSR count). The average Bonchev–Trinajstić information content (AvgIpc) is 3.17. The summed E-state index contributed by atoms with van der Waals surface area (Å²) in [6.45, 7) is 10.3. The van der Waals surface area contributed by atoms with Gasteiger partial charge in [-0.3, -0.25) is 4.79 Å². The predicted octanol–water partition coefficient (Wildman–Crippen LogP) is 2.77. The number of aromatic nitrogens is 2. The van der Waals surface area contributed by atoms with Crippen LogP contribution in [0.15, 0.2) is 5.16 Å². The van der Waals surface area contributed by atoms with Crippen molar-refractivity contribution in [3.63, 3.8) is 0 Å². The second-order valence-electron chi connectivity index (χ2n) is 6.11. The van der Waals surface area contributed by atoms with Gasteiger partial charge in [0.15, 0.2) is 5.16 Å². The number of nitrogens with zero attached hydrogens (tertiary/aromatic N) is 2. The Bertz CT molecular complexity index is 478. The molecule has 112 valence electrons. The average molecular weight is 295 g/mol. The number of aryl methyl sites for hydroxylation is 1. The second kappa shape index (κ2) is 6.66. The summed E-state index contributed by atoms with van der Waals surface area (Å²) in [4.78, 5) is 16.4. The number of carbonyl (C=O) groups excluding carboxylic acids is 1. The summed E-state index contributed by atoms with van der Waals surface area (Å²) in [5.74, 6) is 1.89. The van der Waals surface area contributed by atoms with Crippen LogP contribution in [-0.2, 0) is 11.3 Å². The van der Waals surface area contributed by atoms with E-state index in [2.05, 4.69) is 35.6 Å². The maximum absolute atomic E-state index is 11.8. The molecule has 1 aromatic heterocycles. The lowest BCUT2D eigenvalue weighted by Crippen LogP contribution is -2.27. The van der Waals surface area contributed by atoms with Gasteiger partial charge in [-0.2, -0.15) is 0 Å². The molecule has 1 aliphatic carbocycles. The van der Waals surface area contributed by atoms with E-state index in [1.807, 2.05) is 6.92 Å². The van der Waals surface area contributed by atoms with Crippen molar-refractivity contribution in [1.29, 1.82) is 0 Å². The molecule has 1 aliphatic rings. The first kappa shape index (κ1) is 15.4. The summed E-state index contributed by atoms with van der Waals surface area (Å²) >= 11 is 1.54. The van der Waals surface area contributed by atoms with E-state index in [4.69, 9.17) is 0 Å². The van der Waals surface area contributed by atoms with E-state index in [1.54, 1.807) is 11.8 Å². The Morgan fingerprint density at radius 2 is 2.15 bits per heavy atom. The first-order chi connectivity index (χ1) is 9.47. The summed E-state index contributed by atoms with van der Waals surface area (Å²) in [6, 6.07) is 0. The standard InChI is InChI=1S/C15H25N3OS/c1-10(2)8-18-12(4)11(3)17-15(18)20-9-14(19)16-7-13-5-6-13/h10,13H,5-9H2,1-4H3,(H,16,19). The molecule has 0 saturated heterocycles. The Kier molecular flexibility index (Phi) is 5.13. The quantitative estimate of drug-likeness (QED) is 0.787. The fourth-order valence-corrected chi connectivity index (χ4v) is 3.01. The third-order valence-corrected chi connectivity index (χ3v) is 4.56. The lowest BCUT2D eigenvalue weighted by molar-refractivity contribution is -0.118. The van der Waals surface area contributed by atoms with E-state index in [0.717, 1.165) is 29.9 Å². The Balaban J connectivity index is 1.90. The number of carbonyl (C=O) groups is 1. The van der Waals surface area contributed by atoms with Crippen molar-refractivity contribution in [3.05, 3.63) is 11.4 Å². The van der Waals surface area contributed by atoms with E-state index < -0.39 is 0 Å². The molecule has 1 heterocycles. The largest absolute Gasteiger partial charge is 0.355 e. The molecule has 1 N–H and O–H groups in total. The van der Waals surface area contributed by atoms with Crippen molar-refractivity contribution >= 4 is 17.7 Å². The van der Waals surface area contributed by atoms with Crippen molar-refractivity contribution in [1.82, 2.24) is 14.9 Å². The zero-order chi connectivity index (χ0) is 14.7. The van der Waals surface area contributed by atoms with E-state index in [9.17, 15) is 4.79 Å². The summed E-state index contributed by atoms with van der Waals surface area (Å²) in [6.07, 6.45) is 2.54. The van der Waals surface area contributed by atoms with Crippen LogP contribution < -0.4 is 5.32 Å². The molecular weight excluding hydrogens is 270 g/mol. The van der Waals surface area contributed by atoms with E-state index in [0.29, 0.717) is 11.7 Å². The number of thioether (sulfide) groups is 1. The third-order valence-electron chi connectivity index (χ3n) is 3.59. The van der Waals surface area contributed by atoms with Gasteiger partial charge in [0.05, 0.1) is 11.4 Å². The van der Waals surface area contributed by atoms with Gasteiger partial charge < -0.3 is 9.88 Å². The first-order valence-corrected chi connectivity index (χ1v) is 8.39. The van der Waals surface area contributed by atoms with Crippen LogP contribution in [0.2, 0.25) is 0 Å². The summed E-state index contributed by atoms with van der Waals surface area (Å²) < 4.78 is 2.23. The molecule has 4 nitrogen and oxygen atoms in total. The summed E-state index contributed by atoms with van der Waals surface area (Å²) in [5, 5.41) is 3.97. The van der Waals surface area contributed by atoms with Crippen LogP contribution in [0, 0.1) is 25.7 Å². The number of hydrogen-bond donors (Lipinski definition) is 1. The van der Waals surface area contributed by atoms with Crippen molar-refractivity contribution in [2.45, 2.75) is 52.2 Å². The topological polar surface area (TPSA) is 46.9 Å². The van der Waals surface area contributed by atoms with Crippen LogP contribution in [0.4, 0.5) is 0 Å². The molecule has 1 fully saturated rings. The molecular formula is C15H25N3OS. The van der Waals surface area contributed by atoms with E-state index in [-0.39, 0.29) is 5.91 Å². The van der Waals surface area contributed by atoms with Crippen molar-refractivity contribution in [2.24, 2.45) is 11.8 Å². The molecule has 1 aromatic rings. The third kappa shape index (κ3) is 4.27. The Labute approximate surface area is 125 Å². The fraction of sp³-hybridized carbons (Fsp3) is 0.733. The number of hydrogen-bond acceptors (Lipinski definition) is 3. The molecule has 0 bridgehead atoms. The zero-order valence-corrected chi connectivity index (χ0v) is 13.7. The molecule has 0 aromatic carbocycles. The van der Waals surface area contributed by atoms with Crippen molar-refractivity contribution in [3.8, 4) is 0 Å². The summed E-state index contributed by atoms with van der Waals surface area (Å²) in [7, 11) is 0. The van der Waals surface area contributed by atoms with Crippen LogP contribution in [0.25, 0.3) is 0 Å². The predicted molar refractivity (Wildman–Crippen MR) is 83.0 cm³/mol. The van der Waals surface area contributed by atoms with Gasteiger partial charge in [-0.25, -0.2) is 4.98 Å². The molecule has 0 aliphatic heterocycles. The Morgan fingerprint density at radius 1 is 1.45 bits per heavy atom. The Morgan fingerprint density at radius 3 is 2.75 bits per heavy atom. The van der Waals surface area contributed by atoms with Gasteiger partial charge in [0.1, 0.15) is 0 Å². The van der Waals surface area contributed by atoms with Crippen molar-refractivity contribution < 1.29 is 4.79 Å². The molecule has 0 unspecified atom stereocenters. The molecule has 0 spiro atoms. The van der Waals surface area contributed by atoms with Crippen LogP contribution >= 0.6 is 11.8 Å². The molecule has 1 amide bonds. The monoisotopic (exact) mass is 295 g/mol. The number of imidazole rings is 1. The normalized spacial score (nSPS) is 14.8. The molecule has 1 saturated carbocycles. The molecule has 0 radical (unpaired) electrons. The van der Waals surface area contributed by atoms with E-state index >= 15 is 0 Å². The van der Waals surface area contributed by atoms with Gasteiger partial charge in [0.25, 0.3) is 0 Å². The minimum absolute atomic E-state index is 0.122. The van der Waals surface area contributed by atoms with Crippen molar-refractivity contribution in [2.75, 3.05) is 12.3 Å². The highest BCUT2D eigenvalue weighted by Crippen LogP contribution is 2.27. The van der Waals surface area contributed by atoms with Crippen LogP contribution in [0.5, 0.6) is 0 Å². The van der Waals surface area contributed by atoms with Gasteiger partial charge in [0.2, 0.25) is 5.91 Å². The highest BCUT2D eigenvalue weighted by Gasteiger charge is 2.21. The number of amides is 1. The minimum atomic E-state index is 0.122. The smallest absolute Gasteiger partial charge is 0.230 e. The van der Waals surface area contributed by atoms with E-state index in [1.165, 1.54) is 18.5 Å². The molecule has 5 heteroatoms. The Hall–Kier alpha value is -0.970. The van der Waals surface area contributed by atoms with Crippen LogP contribution in [0.1, 0.15) is 38.1 Å². The highest BCUT2D eigenvalue weighted by atomic mass is 32.2. The lowest BCUT2D eigenvalue weighted by atomic mass is 10.2.